The van der Waals surface area contributed by atoms with Crippen LogP contribution in [-0.2, 0) is 6.42 Å². The zero-order valence-corrected chi connectivity index (χ0v) is 14.4. The van der Waals surface area contributed by atoms with Gasteiger partial charge in [0, 0.05) is 21.7 Å². The Hall–Kier alpha value is -2.31. The van der Waals surface area contributed by atoms with Gasteiger partial charge in [-0.25, -0.2) is 9.37 Å². The Kier molecular flexibility index (Phi) is 3.78. The number of halogens is 1. The van der Waals surface area contributed by atoms with Crippen LogP contribution in [0.2, 0.25) is 0 Å². The molecule has 0 amide bonds. The molecule has 0 atom stereocenters. The van der Waals surface area contributed by atoms with Gasteiger partial charge in [-0.2, -0.15) is 0 Å². The van der Waals surface area contributed by atoms with E-state index in [0.29, 0.717) is 21.6 Å². The number of nitrogens with one attached hydrogen (secondary N) is 1. The van der Waals surface area contributed by atoms with E-state index in [2.05, 4.69) is 9.97 Å². The van der Waals surface area contributed by atoms with Crippen molar-refractivity contribution in [1.29, 1.82) is 0 Å². The number of hydrogen-bond donors (Lipinski definition) is 1. The summed E-state index contributed by atoms with van der Waals surface area (Å²) in [6, 6.07) is 10.5. The van der Waals surface area contributed by atoms with E-state index in [-0.39, 0.29) is 17.8 Å². The number of fused-ring (bicyclic) bond motifs is 1. The molecule has 1 N–H and O–H groups in total. The van der Waals surface area contributed by atoms with Crippen molar-refractivity contribution in [3.8, 4) is 10.4 Å². The first-order valence-corrected chi connectivity index (χ1v) is 9.12. The van der Waals surface area contributed by atoms with E-state index >= 15 is 0 Å². The lowest BCUT2D eigenvalue weighted by molar-refractivity contribution is 0.612. The van der Waals surface area contributed by atoms with Gasteiger partial charge in [-0.15, -0.1) is 22.7 Å². The molecule has 0 aliphatic rings. The van der Waals surface area contributed by atoms with E-state index in [9.17, 15) is 9.18 Å². The predicted octanol–water partition coefficient (Wildman–Crippen LogP) is 4.75. The van der Waals surface area contributed by atoms with Gasteiger partial charge in [0.2, 0.25) is 0 Å². The van der Waals surface area contributed by atoms with Gasteiger partial charge in [0.05, 0.1) is 5.39 Å². The highest BCUT2D eigenvalue weighted by Crippen LogP contribution is 2.37. The predicted molar refractivity (Wildman–Crippen MR) is 97.5 cm³/mol. The van der Waals surface area contributed by atoms with E-state index < -0.39 is 0 Å². The number of benzene rings is 1. The van der Waals surface area contributed by atoms with Crippen LogP contribution >= 0.6 is 22.7 Å². The number of aryl methyl sites for hydroxylation is 1. The molecule has 0 bridgehead atoms. The van der Waals surface area contributed by atoms with Gasteiger partial charge in [0.25, 0.3) is 5.56 Å². The van der Waals surface area contributed by atoms with Crippen molar-refractivity contribution >= 4 is 32.9 Å². The van der Waals surface area contributed by atoms with Gasteiger partial charge in [0.1, 0.15) is 16.5 Å². The standard InChI is InChI=1S/C18H13FN2OS2/c1-10-15(13-7-4-8-23-13)16-17(22)20-14(21-18(16)24-10)9-11-5-2-3-6-12(11)19/h2-8H,9H2,1H3,(H,20,21,22). The normalized spacial score (nSPS) is 11.2. The number of aromatic nitrogens is 2. The van der Waals surface area contributed by atoms with E-state index in [1.165, 1.54) is 17.4 Å². The number of rotatable bonds is 3. The van der Waals surface area contributed by atoms with E-state index in [1.54, 1.807) is 29.5 Å². The summed E-state index contributed by atoms with van der Waals surface area (Å²) < 4.78 is 13.8. The number of hydrogen-bond acceptors (Lipinski definition) is 4. The third-order valence-corrected chi connectivity index (χ3v) is 5.76. The summed E-state index contributed by atoms with van der Waals surface area (Å²) in [5.41, 5.74) is 1.31. The molecule has 0 saturated carbocycles. The van der Waals surface area contributed by atoms with Crippen LogP contribution < -0.4 is 5.56 Å². The van der Waals surface area contributed by atoms with Crippen LogP contribution in [0.1, 0.15) is 16.3 Å². The summed E-state index contributed by atoms with van der Waals surface area (Å²) in [5, 5.41) is 2.61. The Morgan fingerprint density at radius 3 is 2.79 bits per heavy atom. The van der Waals surface area contributed by atoms with Crippen molar-refractivity contribution in [3.63, 3.8) is 0 Å². The number of aromatic amines is 1. The molecule has 0 saturated heterocycles. The Labute approximate surface area is 145 Å². The molecule has 1 aromatic carbocycles. The minimum absolute atomic E-state index is 0.168. The summed E-state index contributed by atoms with van der Waals surface area (Å²) in [5.74, 6) is 0.193. The molecule has 0 aliphatic heterocycles. The molecule has 6 heteroatoms. The lowest BCUT2D eigenvalue weighted by Gasteiger charge is -2.03. The fraction of sp³-hybridized carbons (Fsp3) is 0.111. The van der Waals surface area contributed by atoms with E-state index in [4.69, 9.17) is 0 Å². The first kappa shape index (κ1) is 15.2. The van der Waals surface area contributed by atoms with E-state index in [0.717, 1.165) is 15.3 Å². The zero-order valence-electron chi connectivity index (χ0n) is 12.8. The summed E-state index contributed by atoms with van der Waals surface area (Å²) in [6.45, 7) is 2.00. The monoisotopic (exact) mass is 356 g/mol. The molecule has 0 radical (unpaired) electrons. The molecule has 0 fully saturated rings. The van der Waals surface area contributed by atoms with Crippen molar-refractivity contribution in [2.45, 2.75) is 13.3 Å². The number of thiophene rings is 2. The van der Waals surface area contributed by atoms with Gasteiger partial charge in [-0.3, -0.25) is 4.79 Å². The summed E-state index contributed by atoms with van der Waals surface area (Å²) in [4.78, 5) is 22.8. The highest BCUT2D eigenvalue weighted by atomic mass is 32.1. The molecule has 3 aromatic heterocycles. The van der Waals surface area contributed by atoms with Crippen molar-refractivity contribution in [1.82, 2.24) is 9.97 Å². The Morgan fingerprint density at radius 2 is 2.04 bits per heavy atom. The molecule has 0 aliphatic carbocycles. The number of nitrogens with zero attached hydrogens (tertiary/aromatic N) is 1. The smallest absolute Gasteiger partial charge is 0.260 e. The Balaban J connectivity index is 1.85. The molecule has 24 heavy (non-hydrogen) atoms. The van der Waals surface area contributed by atoms with Crippen LogP contribution in [0.3, 0.4) is 0 Å². The highest BCUT2D eigenvalue weighted by Gasteiger charge is 2.17. The lowest BCUT2D eigenvalue weighted by atomic mass is 10.1. The molecule has 4 rings (SSSR count). The molecule has 4 aromatic rings. The second kappa shape index (κ2) is 5.96. The average Bonchev–Trinajstić information content (AvgIpc) is 3.16. The minimum Gasteiger partial charge on any atom is -0.310 e. The van der Waals surface area contributed by atoms with Gasteiger partial charge in [0.15, 0.2) is 0 Å². The van der Waals surface area contributed by atoms with Crippen LogP contribution in [0.15, 0.2) is 46.6 Å². The van der Waals surface area contributed by atoms with Crippen LogP contribution in [0.4, 0.5) is 4.39 Å². The molecule has 0 unspecified atom stereocenters. The largest absolute Gasteiger partial charge is 0.310 e. The van der Waals surface area contributed by atoms with Crippen LogP contribution in [0, 0.1) is 12.7 Å². The summed E-state index contributed by atoms with van der Waals surface area (Å²) >= 11 is 3.11. The molecule has 120 valence electrons. The first-order chi connectivity index (χ1) is 11.6. The fourth-order valence-electron chi connectivity index (χ4n) is 2.79. The fourth-order valence-corrected chi connectivity index (χ4v) is 4.74. The maximum Gasteiger partial charge on any atom is 0.260 e. The molecular formula is C18H13FN2OS2. The summed E-state index contributed by atoms with van der Waals surface area (Å²) in [6.07, 6.45) is 0.267. The topological polar surface area (TPSA) is 45.8 Å². The third-order valence-electron chi connectivity index (χ3n) is 3.87. The van der Waals surface area contributed by atoms with Crippen molar-refractivity contribution in [3.05, 3.63) is 74.2 Å². The zero-order chi connectivity index (χ0) is 16.7. The van der Waals surface area contributed by atoms with Gasteiger partial charge < -0.3 is 4.98 Å². The van der Waals surface area contributed by atoms with Crippen molar-refractivity contribution in [2.24, 2.45) is 0 Å². The molecule has 0 spiro atoms. The maximum atomic E-state index is 13.8. The molecular weight excluding hydrogens is 343 g/mol. The lowest BCUT2D eigenvalue weighted by Crippen LogP contribution is -2.12. The van der Waals surface area contributed by atoms with Crippen LogP contribution in [-0.4, -0.2) is 9.97 Å². The minimum atomic E-state index is -0.290. The number of H-pyrrole nitrogens is 1. The van der Waals surface area contributed by atoms with Crippen molar-refractivity contribution < 1.29 is 4.39 Å². The first-order valence-electron chi connectivity index (χ1n) is 7.43. The maximum absolute atomic E-state index is 13.8. The second-order valence-corrected chi connectivity index (χ2v) is 7.62. The SMILES string of the molecule is Cc1sc2nc(Cc3ccccc3F)[nH]c(=O)c2c1-c1cccs1. The van der Waals surface area contributed by atoms with Gasteiger partial charge in [-0.05, 0) is 30.0 Å². The quantitative estimate of drug-likeness (QED) is 0.576. The Bertz CT molecular complexity index is 1080. The molecule has 3 heterocycles. The van der Waals surface area contributed by atoms with Gasteiger partial charge in [-0.1, -0.05) is 24.3 Å². The second-order valence-electron chi connectivity index (χ2n) is 5.47. The average molecular weight is 356 g/mol. The third kappa shape index (κ3) is 2.57. The van der Waals surface area contributed by atoms with E-state index in [1.807, 2.05) is 24.4 Å². The van der Waals surface area contributed by atoms with Crippen molar-refractivity contribution in [2.75, 3.05) is 0 Å². The van der Waals surface area contributed by atoms with Gasteiger partial charge >= 0.3 is 0 Å². The van der Waals surface area contributed by atoms with Crippen LogP contribution in [0.25, 0.3) is 20.7 Å². The molecule has 3 nitrogen and oxygen atoms in total. The Morgan fingerprint density at radius 1 is 1.21 bits per heavy atom. The summed E-state index contributed by atoms with van der Waals surface area (Å²) in [7, 11) is 0. The highest BCUT2D eigenvalue weighted by molar-refractivity contribution is 7.20. The van der Waals surface area contributed by atoms with Crippen LogP contribution in [0.5, 0.6) is 0 Å².